The summed E-state index contributed by atoms with van der Waals surface area (Å²) in [6.45, 7) is 3.93. The molecule has 0 radical (unpaired) electrons. The van der Waals surface area contributed by atoms with Crippen LogP contribution < -0.4 is 0 Å². The van der Waals surface area contributed by atoms with E-state index in [1.807, 2.05) is 47.4 Å². The molecule has 1 aliphatic rings. The molecule has 1 saturated carbocycles. The summed E-state index contributed by atoms with van der Waals surface area (Å²) in [5, 5.41) is 1.35. The normalized spacial score (nSPS) is 17.5. The molecular weight excluding hydrogens is 517 g/mol. The minimum absolute atomic E-state index is 0.00296. The Bertz CT molecular complexity index is 1470. The highest BCUT2D eigenvalue weighted by atomic mass is 35.5. The molecule has 1 aliphatic carbocycles. The Morgan fingerprint density at radius 1 is 0.974 bits per heavy atom. The fourth-order valence-corrected chi connectivity index (χ4v) is 6.94. The van der Waals surface area contributed by atoms with Crippen LogP contribution in [0.3, 0.4) is 0 Å². The number of hydrogen-bond acceptors (Lipinski definition) is 3. The van der Waals surface area contributed by atoms with Gasteiger partial charge in [-0.2, -0.15) is 0 Å². The molecule has 6 heteroatoms. The maximum Gasteiger partial charge on any atom is 0.266 e. The number of carbonyl (C=O) groups is 2. The first-order valence-corrected chi connectivity index (χ1v) is 14.4. The second-order valence-electron chi connectivity index (χ2n) is 10.2. The number of ketones is 1. The molecule has 3 aromatic carbocycles. The van der Waals surface area contributed by atoms with E-state index < -0.39 is 0 Å². The molecule has 0 atom stereocenters. The van der Waals surface area contributed by atoms with Gasteiger partial charge in [0.1, 0.15) is 10.7 Å². The van der Waals surface area contributed by atoms with Gasteiger partial charge in [-0.1, -0.05) is 73.5 Å². The van der Waals surface area contributed by atoms with Crippen LogP contribution in [0.1, 0.15) is 71.5 Å². The van der Waals surface area contributed by atoms with E-state index in [4.69, 9.17) is 11.6 Å². The van der Waals surface area contributed by atoms with Gasteiger partial charge in [-0.25, -0.2) is 4.39 Å². The summed E-state index contributed by atoms with van der Waals surface area (Å²) in [4.78, 5) is 28.1. The van der Waals surface area contributed by atoms with Crippen molar-refractivity contribution in [2.24, 2.45) is 5.92 Å². The van der Waals surface area contributed by atoms with Crippen LogP contribution in [0.15, 0.2) is 66.7 Å². The van der Waals surface area contributed by atoms with E-state index in [0.29, 0.717) is 26.9 Å². The lowest BCUT2D eigenvalue weighted by Gasteiger charge is -2.37. The van der Waals surface area contributed by atoms with Crippen molar-refractivity contribution in [1.82, 2.24) is 4.90 Å². The highest BCUT2D eigenvalue weighted by Gasteiger charge is 2.32. The van der Waals surface area contributed by atoms with Crippen molar-refractivity contribution in [3.63, 3.8) is 0 Å². The van der Waals surface area contributed by atoms with E-state index in [2.05, 4.69) is 6.92 Å². The fourth-order valence-electron chi connectivity index (χ4n) is 5.47. The van der Waals surface area contributed by atoms with Gasteiger partial charge in [-0.15, -0.1) is 11.3 Å². The smallest absolute Gasteiger partial charge is 0.266 e. The van der Waals surface area contributed by atoms with E-state index in [9.17, 15) is 9.59 Å². The first kappa shape index (κ1) is 26.6. The first-order chi connectivity index (χ1) is 18.4. The van der Waals surface area contributed by atoms with Gasteiger partial charge in [0.05, 0.1) is 5.02 Å². The van der Waals surface area contributed by atoms with Crippen molar-refractivity contribution in [2.75, 3.05) is 0 Å². The molecule has 0 N–H and O–H groups in total. The van der Waals surface area contributed by atoms with Crippen LogP contribution >= 0.6 is 22.9 Å². The van der Waals surface area contributed by atoms with Crippen LogP contribution in [0.4, 0.5) is 4.39 Å². The van der Waals surface area contributed by atoms with Gasteiger partial charge in [0, 0.05) is 33.8 Å². The first-order valence-electron chi connectivity index (χ1n) is 13.2. The summed E-state index contributed by atoms with van der Waals surface area (Å²) in [7, 11) is 0. The number of amides is 1. The van der Waals surface area contributed by atoms with Crippen LogP contribution in [0.2, 0.25) is 5.02 Å². The summed E-state index contributed by atoms with van der Waals surface area (Å²) in [6.07, 6.45) is 5.08. The Morgan fingerprint density at radius 2 is 1.66 bits per heavy atom. The molecule has 0 aliphatic heterocycles. The predicted molar refractivity (Wildman–Crippen MR) is 155 cm³/mol. The van der Waals surface area contributed by atoms with Crippen LogP contribution in [0, 0.1) is 11.7 Å². The van der Waals surface area contributed by atoms with Crippen molar-refractivity contribution in [2.45, 2.75) is 58.5 Å². The number of thiophene rings is 1. The quantitative estimate of drug-likeness (QED) is 0.216. The zero-order valence-electron chi connectivity index (χ0n) is 21.7. The third-order valence-electron chi connectivity index (χ3n) is 7.84. The molecule has 1 fully saturated rings. The zero-order valence-corrected chi connectivity index (χ0v) is 23.2. The SMILES string of the molecule is CC[C@H]1CC[C@H](N(Cc2cc(-c3ccc(C(C)=O)cc3)ccc2F)C(=O)c2sc3ccccc3c2Cl)CC1. The molecule has 5 rings (SSSR count). The number of benzene rings is 3. The van der Waals surface area contributed by atoms with Crippen molar-refractivity contribution >= 4 is 44.7 Å². The predicted octanol–water partition coefficient (Wildman–Crippen LogP) is 9.17. The molecule has 38 heavy (non-hydrogen) atoms. The largest absolute Gasteiger partial charge is 0.330 e. The number of fused-ring (bicyclic) bond motifs is 1. The summed E-state index contributed by atoms with van der Waals surface area (Å²) in [5.41, 5.74) is 2.85. The average Bonchev–Trinajstić information content (AvgIpc) is 3.28. The second kappa shape index (κ2) is 11.4. The van der Waals surface area contributed by atoms with E-state index in [0.717, 1.165) is 53.3 Å². The summed E-state index contributed by atoms with van der Waals surface area (Å²) in [6, 6.07) is 20.1. The number of rotatable bonds is 7. The van der Waals surface area contributed by atoms with Gasteiger partial charge in [0.15, 0.2) is 5.78 Å². The molecule has 3 nitrogen and oxygen atoms in total. The number of carbonyl (C=O) groups excluding carboxylic acids is 2. The lowest BCUT2D eigenvalue weighted by Crippen LogP contribution is -2.42. The molecule has 0 bridgehead atoms. The summed E-state index contributed by atoms with van der Waals surface area (Å²) in [5.74, 6) is 0.209. The van der Waals surface area contributed by atoms with Crippen molar-refractivity contribution in [3.8, 4) is 11.1 Å². The van der Waals surface area contributed by atoms with Gasteiger partial charge in [0.2, 0.25) is 0 Å². The number of Topliss-reactive ketones (excluding diaryl/α,β-unsaturated/α-hetero) is 1. The van der Waals surface area contributed by atoms with Crippen LogP contribution in [0.25, 0.3) is 21.2 Å². The van der Waals surface area contributed by atoms with E-state index in [1.54, 1.807) is 18.2 Å². The summed E-state index contributed by atoms with van der Waals surface area (Å²) < 4.78 is 16.2. The molecule has 0 saturated heterocycles. The Kier molecular flexibility index (Phi) is 7.96. The van der Waals surface area contributed by atoms with Crippen molar-refractivity contribution < 1.29 is 14.0 Å². The van der Waals surface area contributed by atoms with E-state index >= 15 is 4.39 Å². The molecular formula is C32H31ClFNO2S. The minimum Gasteiger partial charge on any atom is -0.330 e. The molecule has 0 spiro atoms. The standard InChI is InChI=1S/C32H31ClFNO2S/c1-3-21-8-15-26(16-9-21)35(32(37)31-30(33)27-6-4-5-7-29(27)38-31)19-25-18-24(14-17-28(25)34)23-12-10-22(11-13-23)20(2)36/h4-7,10-14,17-18,21,26H,3,8-9,15-16,19H2,1-2H3/t21-,26-. The van der Waals surface area contributed by atoms with Crippen LogP contribution in [-0.4, -0.2) is 22.6 Å². The number of halogens is 2. The highest BCUT2D eigenvalue weighted by molar-refractivity contribution is 7.21. The topological polar surface area (TPSA) is 37.4 Å². The number of nitrogens with zero attached hydrogens (tertiary/aromatic N) is 1. The van der Waals surface area contributed by atoms with Crippen LogP contribution in [0.5, 0.6) is 0 Å². The second-order valence-corrected chi connectivity index (χ2v) is 11.6. The summed E-state index contributed by atoms with van der Waals surface area (Å²) >= 11 is 8.12. The average molecular weight is 548 g/mol. The van der Waals surface area contributed by atoms with Gasteiger partial charge >= 0.3 is 0 Å². The monoisotopic (exact) mass is 547 g/mol. The fraction of sp³-hybridized carbons (Fsp3) is 0.312. The lowest BCUT2D eigenvalue weighted by atomic mass is 9.83. The minimum atomic E-state index is -0.336. The highest BCUT2D eigenvalue weighted by Crippen LogP contribution is 2.38. The van der Waals surface area contributed by atoms with Crippen molar-refractivity contribution in [3.05, 3.63) is 93.6 Å². The van der Waals surface area contributed by atoms with E-state index in [-0.39, 0.29) is 30.1 Å². The Labute approximate surface area is 232 Å². The molecule has 196 valence electrons. The van der Waals surface area contributed by atoms with Gasteiger partial charge in [-0.3, -0.25) is 9.59 Å². The zero-order chi connectivity index (χ0) is 26.8. The Hall–Kier alpha value is -3.02. The van der Waals surface area contributed by atoms with Gasteiger partial charge < -0.3 is 4.90 Å². The third-order valence-corrected chi connectivity index (χ3v) is 9.50. The maximum absolute atomic E-state index is 15.2. The number of hydrogen-bond donors (Lipinski definition) is 0. The Morgan fingerprint density at radius 3 is 2.32 bits per heavy atom. The third kappa shape index (κ3) is 5.41. The van der Waals surface area contributed by atoms with Crippen molar-refractivity contribution in [1.29, 1.82) is 0 Å². The maximum atomic E-state index is 15.2. The molecule has 1 amide bonds. The van der Waals surface area contributed by atoms with Crippen LogP contribution in [-0.2, 0) is 6.54 Å². The van der Waals surface area contributed by atoms with Gasteiger partial charge in [0.25, 0.3) is 5.91 Å². The Balaban J connectivity index is 1.49. The molecule has 4 aromatic rings. The lowest BCUT2D eigenvalue weighted by molar-refractivity contribution is 0.0590. The van der Waals surface area contributed by atoms with E-state index in [1.165, 1.54) is 24.3 Å². The molecule has 1 aromatic heterocycles. The molecule has 1 heterocycles. The molecule has 0 unspecified atom stereocenters. The van der Waals surface area contributed by atoms with Gasteiger partial charge in [-0.05, 0) is 67.9 Å².